The molecular formula is C61H73KN2O2. The quantitative estimate of drug-likeness (QED) is 0.0951. The molecule has 4 N–H and O–H groups in total. The topological polar surface area (TPSA) is 85.1 Å². The van der Waals surface area contributed by atoms with E-state index in [4.69, 9.17) is 5.73 Å². The Morgan fingerprint density at radius 3 is 1.20 bits per heavy atom. The van der Waals surface area contributed by atoms with Gasteiger partial charge in [0.25, 0.3) is 0 Å². The molecule has 6 aliphatic carbocycles. The summed E-state index contributed by atoms with van der Waals surface area (Å²) in [6, 6.07) is 47.8. The number of benzene rings is 6. The Morgan fingerprint density at radius 2 is 0.848 bits per heavy atom. The van der Waals surface area contributed by atoms with Gasteiger partial charge in [-0.05, 0) is 141 Å². The van der Waals surface area contributed by atoms with Crippen molar-refractivity contribution in [3.63, 3.8) is 0 Å². The van der Waals surface area contributed by atoms with Gasteiger partial charge in [-0.2, -0.15) is 0 Å². The van der Waals surface area contributed by atoms with Crippen LogP contribution in [0.5, 0.6) is 0 Å². The number of nitrogen functional groups attached to an aromatic ring is 1. The van der Waals surface area contributed by atoms with Crippen LogP contribution in [-0.4, -0.2) is 11.4 Å². The van der Waals surface area contributed by atoms with Gasteiger partial charge in [0.2, 0.25) is 5.91 Å². The molecule has 6 unspecified atom stereocenters. The number of carbonyl (C=O) groups excluding carboxylic acids is 1. The maximum atomic E-state index is 11.4. The molecule has 1 amide bonds. The number of nitrogens with two attached hydrogens (primary N) is 1. The first-order valence-electron chi connectivity index (χ1n) is 22.5. The van der Waals surface area contributed by atoms with E-state index in [1.165, 1.54) is 74.0 Å². The molecule has 0 heterocycles. The summed E-state index contributed by atoms with van der Waals surface area (Å²) < 4.78 is 0. The summed E-state index contributed by atoms with van der Waals surface area (Å²) in [4.78, 5) is 11.4. The summed E-state index contributed by atoms with van der Waals surface area (Å²) in [5.41, 5.74) is 27.5. The molecule has 4 bridgehead atoms. The fraction of sp³-hybridized carbons (Fsp3) is 0.328. The molecule has 5 heteroatoms. The van der Waals surface area contributed by atoms with Crippen LogP contribution in [0.15, 0.2) is 157 Å². The van der Waals surface area contributed by atoms with Crippen LogP contribution in [0.3, 0.4) is 0 Å². The summed E-state index contributed by atoms with van der Waals surface area (Å²) in [6.07, 6.45) is 7.61. The second-order valence-corrected chi connectivity index (χ2v) is 18.9. The van der Waals surface area contributed by atoms with E-state index < -0.39 is 0 Å². The van der Waals surface area contributed by atoms with Crippen molar-refractivity contribution in [1.29, 1.82) is 0 Å². The van der Waals surface area contributed by atoms with Crippen LogP contribution in [0.25, 0.3) is 44.5 Å². The van der Waals surface area contributed by atoms with E-state index in [1.54, 1.807) is 23.6 Å². The summed E-state index contributed by atoms with van der Waals surface area (Å²) in [6.45, 7) is 15.7. The second kappa shape index (κ2) is 22.6. The van der Waals surface area contributed by atoms with Gasteiger partial charge in [-0.1, -0.05) is 182 Å². The minimum Gasteiger partial charge on any atom is -0.870 e. The molecule has 0 fully saturated rings. The predicted molar refractivity (Wildman–Crippen MR) is 280 cm³/mol. The monoisotopic (exact) mass is 905 g/mol. The zero-order valence-electron chi connectivity index (χ0n) is 38.3. The third-order valence-corrected chi connectivity index (χ3v) is 14.5. The molecule has 340 valence electrons. The number of hydrogen-bond donors (Lipinski definition) is 2. The van der Waals surface area contributed by atoms with Crippen LogP contribution < -0.4 is 62.4 Å². The predicted octanol–water partition coefficient (Wildman–Crippen LogP) is 13.9. The molecule has 0 spiro atoms. The fourth-order valence-electron chi connectivity index (χ4n) is 11.5. The van der Waals surface area contributed by atoms with Gasteiger partial charge < -0.3 is 16.5 Å². The Labute approximate surface area is 440 Å². The van der Waals surface area contributed by atoms with Gasteiger partial charge in [-0.3, -0.25) is 4.79 Å². The molecule has 0 aromatic heterocycles. The van der Waals surface area contributed by atoms with E-state index in [1.807, 2.05) is 24.3 Å². The number of amides is 1. The van der Waals surface area contributed by atoms with E-state index in [0.29, 0.717) is 47.3 Å². The van der Waals surface area contributed by atoms with Gasteiger partial charge >= 0.3 is 51.4 Å². The number of hydrogen-bond acceptors (Lipinski definition) is 3. The molecule has 6 aromatic carbocycles. The fourth-order valence-corrected chi connectivity index (χ4v) is 11.5. The number of rotatable bonds is 7. The van der Waals surface area contributed by atoms with E-state index in [9.17, 15) is 4.79 Å². The van der Waals surface area contributed by atoms with Crippen LogP contribution >= 0.6 is 0 Å². The Bertz CT molecular complexity index is 2650. The number of nitrogens with one attached hydrogen (secondary N) is 1. The van der Waals surface area contributed by atoms with Gasteiger partial charge in [-0.25, -0.2) is 0 Å². The third kappa shape index (κ3) is 10.2. The molecule has 6 aliphatic rings. The Hall–Kier alpha value is -4.33. The van der Waals surface area contributed by atoms with E-state index in [-0.39, 0.29) is 85.0 Å². The largest absolute Gasteiger partial charge is 1.00 e. The molecule has 66 heavy (non-hydrogen) atoms. The zero-order chi connectivity index (χ0) is 42.5. The second-order valence-electron chi connectivity index (χ2n) is 18.9. The number of fused-ring (bicyclic) bond motifs is 2. The molecule has 12 rings (SSSR count). The molecule has 4 nitrogen and oxygen atoms in total. The normalized spacial score (nSPS) is 20.2. The summed E-state index contributed by atoms with van der Waals surface area (Å²) in [7, 11) is 0. The molecule has 0 aliphatic heterocycles. The first-order valence-corrected chi connectivity index (χ1v) is 22.5. The average molecular weight is 905 g/mol. The average Bonchev–Trinajstić information content (AvgIpc) is 3.27. The van der Waals surface area contributed by atoms with Crippen molar-refractivity contribution in [2.75, 3.05) is 11.1 Å². The van der Waals surface area contributed by atoms with Crippen molar-refractivity contribution in [2.45, 2.75) is 107 Å². The van der Waals surface area contributed by atoms with Crippen molar-refractivity contribution in [3.05, 3.63) is 179 Å². The Balaban J connectivity index is 0.000000269. The van der Waals surface area contributed by atoms with Gasteiger partial charge in [0.05, 0.1) is 0 Å². The smallest absolute Gasteiger partial charge is 0.870 e. The minimum atomic E-state index is -0.0415. The van der Waals surface area contributed by atoms with Crippen LogP contribution in [0, 0.1) is 23.7 Å². The van der Waals surface area contributed by atoms with Gasteiger partial charge in [0.1, 0.15) is 0 Å². The van der Waals surface area contributed by atoms with Crippen molar-refractivity contribution < 1.29 is 61.7 Å². The van der Waals surface area contributed by atoms with Crippen LogP contribution in [-0.2, 0) is 4.79 Å². The number of anilines is 2. The van der Waals surface area contributed by atoms with Crippen molar-refractivity contribution in [1.82, 2.24) is 0 Å². The molecule has 6 atom stereocenters. The molecule has 0 saturated heterocycles. The molecule has 0 saturated carbocycles. The van der Waals surface area contributed by atoms with Gasteiger partial charge in [0, 0.05) is 42.0 Å². The standard InChI is InChI=1S/C30H31NO.C28H29N.3CH4.K.H2O/c1-18(2)26-17-27-19(3)16-28(26)30-24(21-8-6-5-7-9-21)14-15-25(29(27)30)22-10-12-23(13-11-22)31-20(4)32;1-17(2)24-16-25-18(3)15-26(24)28-22(19-7-5-4-6-8-19)13-14-23(27(25)28)20-9-11-21(29)12-10-20;;;;;/h5-16,18,26-28H,17H2,1-4H3,(H,31,32);4-15,17,24-26H,16,29H2,1-3H3;3*1H4;;1H2/q;;;;;+1;/p-1. The summed E-state index contributed by atoms with van der Waals surface area (Å²) in [5.74, 6) is 4.63. The Morgan fingerprint density at radius 1 is 0.515 bits per heavy atom. The first-order chi connectivity index (χ1) is 29.5. The van der Waals surface area contributed by atoms with Crippen molar-refractivity contribution in [2.24, 2.45) is 23.7 Å². The van der Waals surface area contributed by atoms with Gasteiger partial charge in [0.15, 0.2) is 0 Å². The zero-order valence-corrected chi connectivity index (χ0v) is 41.4. The molecule has 6 aromatic rings. The van der Waals surface area contributed by atoms with E-state index in [0.717, 1.165) is 11.4 Å². The molecule has 0 radical (unpaired) electrons. The van der Waals surface area contributed by atoms with E-state index >= 15 is 0 Å². The van der Waals surface area contributed by atoms with Crippen molar-refractivity contribution in [3.8, 4) is 44.5 Å². The Kier molecular flexibility index (Phi) is 18.6. The van der Waals surface area contributed by atoms with E-state index in [2.05, 4.69) is 168 Å². The molecular weight excluding hydrogens is 832 g/mol. The minimum absolute atomic E-state index is 0. The summed E-state index contributed by atoms with van der Waals surface area (Å²) >= 11 is 0. The SMILES string of the molecule is C.C.C.CC(=O)Nc1ccc(-c2ccc(-c3ccccc3)c3c2C2CC(C(C)C)C3C=C2C)cc1.CC1=CC2c3c(-c4ccccc4)ccc(-c4ccc(N)cc4)c3C1CC2C(C)C.[K+].[OH-]. The number of carbonyl (C=O) groups is 1. The van der Waals surface area contributed by atoms with Gasteiger partial charge in [-0.15, -0.1) is 0 Å². The number of allylic oxidation sites excluding steroid dienone is 4. The summed E-state index contributed by atoms with van der Waals surface area (Å²) in [5, 5.41) is 2.88. The van der Waals surface area contributed by atoms with Crippen molar-refractivity contribution >= 4 is 17.3 Å². The maximum Gasteiger partial charge on any atom is 1.00 e. The first kappa shape index (κ1) is 54.3. The maximum absolute atomic E-state index is 11.4. The van der Waals surface area contributed by atoms with Crippen LogP contribution in [0.2, 0.25) is 0 Å². The van der Waals surface area contributed by atoms with Crippen LogP contribution in [0.4, 0.5) is 11.4 Å². The third-order valence-electron chi connectivity index (χ3n) is 14.5. The van der Waals surface area contributed by atoms with Crippen LogP contribution in [0.1, 0.15) is 130 Å².